The van der Waals surface area contributed by atoms with Gasteiger partial charge in [0, 0.05) is 36.4 Å². The average molecular weight is 305 g/mol. The van der Waals surface area contributed by atoms with Crippen LogP contribution in [0.1, 0.15) is 35.3 Å². The Morgan fingerprint density at radius 1 is 1.29 bits per heavy atom. The second-order valence-corrected chi connectivity index (χ2v) is 6.23. The lowest BCUT2D eigenvalue weighted by atomic mass is 10.2. The first kappa shape index (κ1) is 15.9. The van der Waals surface area contributed by atoms with Crippen LogP contribution >= 0.6 is 11.3 Å². The van der Waals surface area contributed by atoms with Gasteiger partial charge in [-0.05, 0) is 26.8 Å². The second-order valence-electron chi connectivity index (χ2n) is 5.17. The summed E-state index contributed by atoms with van der Waals surface area (Å²) in [6, 6.07) is 0. The molecule has 0 radical (unpaired) electrons. The van der Waals surface area contributed by atoms with Crippen LogP contribution in [0.5, 0.6) is 0 Å². The van der Waals surface area contributed by atoms with Crippen molar-refractivity contribution in [1.29, 1.82) is 0 Å². The summed E-state index contributed by atoms with van der Waals surface area (Å²) in [5.74, 6) is 0.748. The van der Waals surface area contributed by atoms with Gasteiger partial charge in [0.05, 0.1) is 17.2 Å². The van der Waals surface area contributed by atoms with Gasteiger partial charge in [0.15, 0.2) is 0 Å². The molecule has 2 aromatic heterocycles. The number of rotatable bonds is 7. The van der Waals surface area contributed by atoms with Gasteiger partial charge in [-0.25, -0.2) is 15.0 Å². The molecule has 2 aromatic rings. The van der Waals surface area contributed by atoms with Crippen molar-refractivity contribution >= 4 is 17.3 Å². The van der Waals surface area contributed by atoms with E-state index in [1.165, 1.54) is 0 Å². The molecule has 5 nitrogen and oxygen atoms in total. The molecule has 0 saturated carbocycles. The van der Waals surface area contributed by atoms with Crippen LogP contribution in [-0.4, -0.2) is 28.5 Å². The van der Waals surface area contributed by atoms with Crippen molar-refractivity contribution < 1.29 is 0 Å². The summed E-state index contributed by atoms with van der Waals surface area (Å²) >= 11 is 1.67. The van der Waals surface area contributed by atoms with Crippen molar-refractivity contribution in [3.63, 3.8) is 0 Å². The predicted octanol–water partition coefficient (Wildman–Crippen LogP) is 2.69. The molecular formula is C15H23N5S. The number of aryl methyl sites for hydroxylation is 2. The molecule has 0 fully saturated rings. The minimum absolute atomic E-state index is 0.733. The average Bonchev–Trinajstić information content (AvgIpc) is 2.86. The lowest BCUT2D eigenvalue weighted by Gasteiger charge is -2.17. The summed E-state index contributed by atoms with van der Waals surface area (Å²) in [6.07, 6.45) is 3.05. The number of hydrogen-bond acceptors (Lipinski definition) is 6. The Morgan fingerprint density at radius 2 is 2.10 bits per heavy atom. The van der Waals surface area contributed by atoms with Crippen LogP contribution in [0.2, 0.25) is 0 Å². The van der Waals surface area contributed by atoms with Crippen LogP contribution in [0.25, 0.3) is 0 Å². The molecule has 0 aliphatic rings. The number of hydrogen-bond donors (Lipinski definition) is 1. The van der Waals surface area contributed by atoms with Crippen LogP contribution in [0, 0.1) is 13.8 Å². The molecule has 2 heterocycles. The van der Waals surface area contributed by atoms with Crippen LogP contribution in [0.3, 0.4) is 0 Å². The largest absolute Gasteiger partial charge is 0.338 e. The van der Waals surface area contributed by atoms with Gasteiger partial charge in [-0.3, -0.25) is 0 Å². The van der Waals surface area contributed by atoms with E-state index >= 15 is 0 Å². The SMILES string of the molecule is CCCNCc1cnc(N(C)Cc2csc(C)n2)nc1C. The highest BCUT2D eigenvalue weighted by atomic mass is 32.1. The maximum absolute atomic E-state index is 4.61. The van der Waals surface area contributed by atoms with Crippen molar-refractivity contribution in [3.8, 4) is 0 Å². The summed E-state index contributed by atoms with van der Waals surface area (Å²) in [5, 5.41) is 6.56. The van der Waals surface area contributed by atoms with Gasteiger partial charge >= 0.3 is 0 Å². The molecule has 0 aromatic carbocycles. The molecule has 0 spiro atoms. The zero-order valence-electron chi connectivity index (χ0n) is 13.2. The quantitative estimate of drug-likeness (QED) is 0.797. The number of nitrogens with one attached hydrogen (secondary N) is 1. The summed E-state index contributed by atoms with van der Waals surface area (Å²) < 4.78 is 0. The normalized spacial score (nSPS) is 10.9. The van der Waals surface area contributed by atoms with Gasteiger partial charge in [-0.2, -0.15) is 0 Å². The third-order valence-electron chi connectivity index (χ3n) is 3.22. The van der Waals surface area contributed by atoms with Crippen LogP contribution < -0.4 is 10.2 Å². The molecule has 0 bridgehead atoms. The van der Waals surface area contributed by atoms with Crippen molar-refractivity contribution in [2.45, 2.75) is 40.3 Å². The fraction of sp³-hybridized carbons (Fsp3) is 0.533. The van der Waals surface area contributed by atoms with E-state index in [4.69, 9.17) is 0 Å². The molecule has 114 valence electrons. The molecule has 6 heteroatoms. The van der Waals surface area contributed by atoms with Crippen molar-refractivity contribution in [1.82, 2.24) is 20.3 Å². The van der Waals surface area contributed by atoms with Crippen LogP contribution in [0.4, 0.5) is 5.95 Å². The van der Waals surface area contributed by atoms with Gasteiger partial charge in [0.1, 0.15) is 0 Å². The van der Waals surface area contributed by atoms with Crippen molar-refractivity contribution in [2.75, 3.05) is 18.5 Å². The number of thiazole rings is 1. The molecule has 1 N–H and O–H groups in total. The van der Waals surface area contributed by atoms with Crippen molar-refractivity contribution in [3.05, 3.63) is 33.5 Å². The van der Waals surface area contributed by atoms with E-state index in [0.29, 0.717) is 0 Å². The second kappa shape index (κ2) is 7.47. The zero-order valence-corrected chi connectivity index (χ0v) is 14.0. The highest BCUT2D eigenvalue weighted by Gasteiger charge is 2.09. The zero-order chi connectivity index (χ0) is 15.2. The highest BCUT2D eigenvalue weighted by molar-refractivity contribution is 7.09. The Labute approximate surface area is 130 Å². The molecule has 0 amide bonds. The predicted molar refractivity (Wildman–Crippen MR) is 87.7 cm³/mol. The van der Waals surface area contributed by atoms with E-state index in [2.05, 4.69) is 32.6 Å². The fourth-order valence-electron chi connectivity index (χ4n) is 2.03. The summed E-state index contributed by atoms with van der Waals surface area (Å²) in [6.45, 7) is 8.80. The van der Waals surface area contributed by atoms with E-state index < -0.39 is 0 Å². The molecule has 0 atom stereocenters. The fourth-order valence-corrected chi connectivity index (χ4v) is 2.64. The van der Waals surface area contributed by atoms with Gasteiger partial charge in [-0.15, -0.1) is 11.3 Å². The van der Waals surface area contributed by atoms with Gasteiger partial charge < -0.3 is 10.2 Å². The summed E-state index contributed by atoms with van der Waals surface area (Å²) in [7, 11) is 2.00. The first-order chi connectivity index (χ1) is 10.1. The third kappa shape index (κ3) is 4.47. The lowest BCUT2D eigenvalue weighted by Crippen LogP contribution is -2.21. The topological polar surface area (TPSA) is 53.9 Å². The Hall–Kier alpha value is -1.53. The first-order valence-corrected chi connectivity index (χ1v) is 8.13. The maximum Gasteiger partial charge on any atom is 0.225 e. The van der Waals surface area contributed by atoms with Gasteiger partial charge in [-0.1, -0.05) is 6.92 Å². The molecule has 21 heavy (non-hydrogen) atoms. The smallest absolute Gasteiger partial charge is 0.225 e. The monoisotopic (exact) mass is 305 g/mol. The number of aromatic nitrogens is 3. The first-order valence-electron chi connectivity index (χ1n) is 7.25. The molecule has 0 aliphatic carbocycles. The molecular weight excluding hydrogens is 282 g/mol. The standard InChI is InChI=1S/C15H23N5S/c1-5-6-16-7-13-8-17-15(18-11(13)2)20(4)9-14-10-21-12(3)19-14/h8,10,16H,5-7,9H2,1-4H3. The van der Waals surface area contributed by atoms with Crippen molar-refractivity contribution in [2.24, 2.45) is 0 Å². The summed E-state index contributed by atoms with van der Waals surface area (Å²) in [4.78, 5) is 15.6. The lowest BCUT2D eigenvalue weighted by molar-refractivity contribution is 0.667. The Balaban J connectivity index is 2.01. The van der Waals surface area contributed by atoms with Crippen LogP contribution in [0.15, 0.2) is 11.6 Å². The molecule has 2 rings (SSSR count). The molecule has 0 saturated heterocycles. The minimum Gasteiger partial charge on any atom is -0.338 e. The van der Waals surface area contributed by atoms with E-state index in [-0.39, 0.29) is 0 Å². The van der Waals surface area contributed by atoms with E-state index in [1.54, 1.807) is 11.3 Å². The van der Waals surface area contributed by atoms with Gasteiger partial charge in [0.25, 0.3) is 0 Å². The number of anilines is 1. The Bertz CT molecular complexity index is 581. The summed E-state index contributed by atoms with van der Waals surface area (Å²) in [5.41, 5.74) is 3.25. The Kier molecular flexibility index (Phi) is 5.64. The van der Waals surface area contributed by atoms with Crippen LogP contribution in [-0.2, 0) is 13.1 Å². The molecule has 0 unspecified atom stereocenters. The molecule has 0 aliphatic heterocycles. The maximum atomic E-state index is 4.61. The van der Waals surface area contributed by atoms with Gasteiger partial charge in [0.2, 0.25) is 5.95 Å². The minimum atomic E-state index is 0.733. The third-order valence-corrected chi connectivity index (χ3v) is 4.04. The Morgan fingerprint density at radius 3 is 2.71 bits per heavy atom. The highest BCUT2D eigenvalue weighted by Crippen LogP contribution is 2.14. The van der Waals surface area contributed by atoms with E-state index in [9.17, 15) is 0 Å². The van der Waals surface area contributed by atoms with E-state index in [1.807, 2.05) is 32.0 Å². The van der Waals surface area contributed by atoms with E-state index in [0.717, 1.165) is 54.0 Å². The number of nitrogens with zero attached hydrogens (tertiary/aromatic N) is 4.